The predicted molar refractivity (Wildman–Crippen MR) is 98.9 cm³/mol. The number of rotatable bonds is 7. The van der Waals surface area contributed by atoms with Crippen LogP contribution in [0.3, 0.4) is 0 Å². The Hall–Kier alpha value is -2.14. The molecular formula is C20H26N2O3. The molecule has 1 amide bonds. The highest BCUT2D eigenvalue weighted by molar-refractivity contribution is 6.05. The van der Waals surface area contributed by atoms with Crippen molar-refractivity contribution in [2.75, 3.05) is 11.9 Å². The smallest absolute Gasteiger partial charge is 0.256 e. The fourth-order valence-electron chi connectivity index (χ4n) is 3.15. The van der Waals surface area contributed by atoms with Crippen molar-refractivity contribution in [1.82, 2.24) is 4.98 Å². The van der Waals surface area contributed by atoms with Crippen molar-refractivity contribution in [3.05, 3.63) is 30.5 Å². The van der Waals surface area contributed by atoms with Gasteiger partial charge in [0.25, 0.3) is 5.91 Å². The summed E-state index contributed by atoms with van der Waals surface area (Å²) >= 11 is 0. The molecule has 5 heteroatoms. The number of benzene rings is 1. The Bertz CT molecular complexity index is 771. The van der Waals surface area contributed by atoms with Gasteiger partial charge < -0.3 is 14.8 Å². The zero-order valence-corrected chi connectivity index (χ0v) is 15.3. The van der Waals surface area contributed by atoms with Crippen molar-refractivity contribution < 1.29 is 14.3 Å². The number of carbonyl (C=O) groups excluding carboxylic acids is 1. The lowest BCUT2D eigenvalue weighted by Gasteiger charge is -2.28. The number of pyridine rings is 1. The average molecular weight is 342 g/mol. The number of anilines is 1. The van der Waals surface area contributed by atoms with Crippen molar-refractivity contribution >= 4 is 22.5 Å². The summed E-state index contributed by atoms with van der Waals surface area (Å²) in [4.78, 5) is 17.4. The van der Waals surface area contributed by atoms with E-state index in [0.717, 1.165) is 35.2 Å². The van der Waals surface area contributed by atoms with Gasteiger partial charge in [0.2, 0.25) is 0 Å². The number of ether oxygens (including phenoxy) is 2. The van der Waals surface area contributed by atoms with Crippen LogP contribution in [0.1, 0.15) is 40.5 Å². The fraction of sp³-hybridized carbons (Fsp3) is 0.500. The Balaban J connectivity index is 1.92. The maximum Gasteiger partial charge on any atom is 0.256 e. The summed E-state index contributed by atoms with van der Waals surface area (Å²) in [6.45, 7) is 8.29. The van der Waals surface area contributed by atoms with Crippen molar-refractivity contribution in [3.8, 4) is 5.75 Å². The van der Waals surface area contributed by atoms with Gasteiger partial charge in [-0.25, -0.2) is 0 Å². The van der Waals surface area contributed by atoms with E-state index in [2.05, 4.69) is 10.3 Å². The van der Waals surface area contributed by atoms with Gasteiger partial charge in [-0.05, 0) is 70.7 Å². The molecule has 25 heavy (non-hydrogen) atoms. The van der Waals surface area contributed by atoms with Crippen LogP contribution < -0.4 is 10.1 Å². The minimum atomic E-state index is -0.781. The van der Waals surface area contributed by atoms with Gasteiger partial charge in [0.15, 0.2) is 0 Å². The summed E-state index contributed by atoms with van der Waals surface area (Å²) in [6.07, 6.45) is 3.86. The van der Waals surface area contributed by atoms with Crippen LogP contribution in [-0.4, -0.2) is 29.2 Å². The first-order valence-corrected chi connectivity index (χ1v) is 8.95. The van der Waals surface area contributed by atoms with Gasteiger partial charge in [-0.1, -0.05) is 0 Å². The van der Waals surface area contributed by atoms with Gasteiger partial charge in [0, 0.05) is 18.2 Å². The third kappa shape index (κ3) is 3.61. The maximum atomic E-state index is 12.9. The molecular weight excluding hydrogens is 316 g/mol. The lowest BCUT2D eigenvalue weighted by Crippen LogP contribution is -2.44. The summed E-state index contributed by atoms with van der Waals surface area (Å²) in [5, 5.41) is 3.92. The maximum absolute atomic E-state index is 12.9. The van der Waals surface area contributed by atoms with Gasteiger partial charge in [-0.15, -0.1) is 0 Å². The number of amides is 1. The van der Waals surface area contributed by atoms with Crippen LogP contribution in [0.2, 0.25) is 0 Å². The van der Waals surface area contributed by atoms with Crippen LogP contribution >= 0.6 is 0 Å². The molecule has 3 rings (SSSR count). The van der Waals surface area contributed by atoms with Crippen molar-refractivity contribution in [2.45, 2.75) is 52.2 Å². The van der Waals surface area contributed by atoms with Crippen LogP contribution in [0.25, 0.3) is 10.9 Å². The summed E-state index contributed by atoms with van der Waals surface area (Å²) in [6, 6.07) is 7.54. The van der Waals surface area contributed by atoms with Crippen LogP contribution in [0, 0.1) is 5.92 Å². The number of nitrogens with zero attached hydrogens (tertiary/aromatic N) is 1. The largest absolute Gasteiger partial charge is 0.489 e. The Kier molecular flexibility index (Phi) is 4.95. The number of aromatic nitrogens is 1. The zero-order chi connectivity index (χ0) is 18.0. The van der Waals surface area contributed by atoms with E-state index in [-0.39, 0.29) is 12.0 Å². The number of fused-ring (bicyclic) bond motifs is 1. The highest BCUT2D eigenvalue weighted by Gasteiger charge is 2.48. The minimum Gasteiger partial charge on any atom is -0.489 e. The average Bonchev–Trinajstić information content (AvgIpc) is 3.42. The Labute approximate surface area is 148 Å². The van der Waals surface area contributed by atoms with Crippen LogP contribution in [0.4, 0.5) is 5.69 Å². The topological polar surface area (TPSA) is 60.5 Å². The molecule has 1 aliphatic rings. The fourth-order valence-corrected chi connectivity index (χ4v) is 3.15. The number of hydrogen-bond acceptors (Lipinski definition) is 4. The molecule has 0 radical (unpaired) electrons. The normalized spacial score (nSPS) is 16.7. The van der Waals surface area contributed by atoms with E-state index in [1.165, 1.54) is 0 Å². The molecule has 1 aromatic heterocycles. The Morgan fingerprint density at radius 1 is 1.36 bits per heavy atom. The molecule has 1 fully saturated rings. The number of carbonyl (C=O) groups is 1. The van der Waals surface area contributed by atoms with Gasteiger partial charge in [0.1, 0.15) is 16.9 Å². The molecule has 0 aliphatic heterocycles. The van der Waals surface area contributed by atoms with Gasteiger partial charge in [-0.3, -0.25) is 9.78 Å². The first-order valence-electron chi connectivity index (χ1n) is 8.95. The Morgan fingerprint density at radius 2 is 2.12 bits per heavy atom. The second kappa shape index (κ2) is 7.00. The molecule has 0 bridgehead atoms. The molecule has 1 saturated carbocycles. The summed E-state index contributed by atoms with van der Waals surface area (Å²) in [7, 11) is 0. The van der Waals surface area contributed by atoms with E-state index in [0.29, 0.717) is 12.5 Å². The molecule has 0 saturated heterocycles. The number of hydrogen-bond donors (Lipinski definition) is 1. The summed E-state index contributed by atoms with van der Waals surface area (Å²) in [5.41, 5.74) is 0.699. The predicted octanol–water partition coefficient (Wildman–Crippen LogP) is 4.17. The van der Waals surface area contributed by atoms with Gasteiger partial charge in [0.05, 0.1) is 11.8 Å². The van der Waals surface area contributed by atoms with Crippen molar-refractivity contribution in [1.29, 1.82) is 0 Å². The molecule has 1 N–H and O–H groups in total. The van der Waals surface area contributed by atoms with Gasteiger partial charge in [-0.2, -0.15) is 0 Å². The molecule has 0 spiro atoms. The zero-order valence-electron chi connectivity index (χ0n) is 15.3. The van der Waals surface area contributed by atoms with E-state index in [4.69, 9.17) is 9.47 Å². The molecule has 1 heterocycles. The molecule has 1 aromatic carbocycles. The molecule has 5 nitrogen and oxygen atoms in total. The van der Waals surface area contributed by atoms with E-state index in [9.17, 15) is 4.79 Å². The second-order valence-electron chi connectivity index (χ2n) is 6.95. The second-order valence-corrected chi connectivity index (χ2v) is 6.95. The minimum absolute atomic E-state index is 0.0572. The molecule has 1 aliphatic carbocycles. The van der Waals surface area contributed by atoms with E-state index in [1.807, 2.05) is 52.0 Å². The van der Waals surface area contributed by atoms with E-state index >= 15 is 0 Å². The number of nitrogens with one attached hydrogen (secondary N) is 1. The molecule has 2 aromatic rings. The molecule has 134 valence electrons. The van der Waals surface area contributed by atoms with Crippen molar-refractivity contribution in [3.63, 3.8) is 0 Å². The molecule has 1 atom stereocenters. The monoisotopic (exact) mass is 342 g/mol. The van der Waals surface area contributed by atoms with Crippen LogP contribution in [0.5, 0.6) is 5.75 Å². The first-order chi connectivity index (χ1) is 12.0. The highest BCUT2D eigenvalue weighted by atomic mass is 16.5. The Morgan fingerprint density at radius 3 is 2.76 bits per heavy atom. The van der Waals surface area contributed by atoms with E-state index in [1.54, 1.807) is 6.20 Å². The first kappa shape index (κ1) is 17.7. The quantitative estimate of drug-likeness (QED) is 0.820. The summed E-state index contributed by atoms with van der Waals surface area (Å²) in [5.74, 6) is 0.915. The summed E-state index contributed by atoms with van der Waals surface area (Å²) < 4.78 is 11.7. The lowest BCUT2D eigenvalue weighted by molar-refractivity contribution is -0.141. The van der Waals surface area contributed by atoms with Crippen molar-refractivity contribution in [2.24, 2.45) is 5.92 Å². The highest BCUT2D eigenvalue weighted by Crippen LogP contribution is 2.43. The third-order valence-corrected chi connectivity index (χ3v) is 4.59. The standard InChI is InChI=1S/C20H26N2O3/c1-5-24-20(4,14-8-9-14)19(23)22-16-10-11-17(25-13(2)3)18-15(16)7-6-12-21-18/h6-7,10-14H,5,8-9H2,1-4H3,(H,22,23). The van der Waals surface area contributed by atoms with Crippen LogP contribution in [0.15, 0.2) is 30.5 Å². The van der Waals surface area contributed by atoms with Crippen LogP contribution in [-0.2, 0) is 9.53 Å². The lowest BCUT2D eigenvalue weighted by atomic mass is 9.98. The SMILES string of the molecule is CCOC(C)(C(=O)Nc1ccc(OC(C)C)c2ncccc12)C1CC1. The third-order valence-electron chi connectivity index (χ3n) is 4.59. The van der Waals surface area contributed by atoms with Gasteiger partial charge >= 0.3 is 0 Å². The molecule has 1 unspecified atom stereocenters. The van der Waals surface area contributed by atoms with E-state index < -0.39 is 5.60 Å².